The fourth-order valence-corrected chi connectivity index (χ4v) is 2.31. The normalized spacial score (nSPS) is 12.8. The lowest BCUT2D eigenvalue weighted by atomic mass is 10.2. The van der Waals surface area contributed by atoms with Crippen molar-refractivity contribution in [3.05, 3.63) is 34.0 Å². The van der Waals surface area contributed by atoms with Crippen LogP contribution in [0.1, 0.15) is 17.3 Å². The summed E-state index contributed by atoms with van der Waals surface area (Å²) >= 11 is 12.9. The maximum atomic E-state index is 13.5. The van der Waals surface area contributed by atoms with E-state index in [-0.39, 0.29) is 11.2 Å². The molecule has 1 atom stereocenters. The minimum absolute atomic E-state index is 0.228. The Morgan fingerprint density at radius 2 is 2.12 bits per heavy atom. The summed E-state index contributed by atoms with van der Waals surface area (Å²) in [6.45, 7) is 1.79. The van der Waals surface area contributed by atoms with E-state index in [1.165, 1.54) is 29.5 Å². The molecule has 0 bridgehead atoms. The van der Waals surface area contributed by atoms with Crippen LogP contribution in [0.2, 0.25) is 5.02 Å². The minimum atomic E-state index is -0.366. The molecular formula is C10H7Cl2FN2S. The van der Waals surface area contributed by atoms with Gasteiger partial charge in [-0.1, -0.05) is 22.9 Å². The van der Waals surface area contributed by atoms with Gasteiger partial charge in [0.1, 0.15) is 10.8 Å². The molecule has 0 N–H and O–H groups in total. The fourth-order valence-electron chi connectivity index (χ4n) is 1.17. The number of alkyl halides is 1. The second kappa shape index (κ2) is 4.65. The van der Waals surface area contributed by atoms with Crippen LogP contribution < -0.4 is 0 Å². The lowest BCUT2D eigenvalue weighted by Crippen LogP contribution is -1.83. The Hall–Kier alpha value is -0.710. The summed E-state index contributed by atoms with van der Waals surface area (Å²) in [5.41, 5.74) is 0.355. The highest BCUT2D eigenvalue weighted by Gasteiger charge is 2.14. The molecule has 84 valence electrons. The van der Waals surface area contributed by atoms with E-state index in [1.54, 1.807) is 6.92 Å². The lowest BCUT2D eigenvalue weighted by molar-refractivity contribution is 0.631. The molecule has 0 aliphatic carbocycles. The highest BCUT2D eigenvalue weighted by atomic mass is 35.5. The zero-order chi connectivity index (χ0) is 11.7. The molecule has 0 amide bonds. The molecule has 2 nitrogen and oxygen atoms in total. The minimum Gasteiger partial charge on any atom is -0.206 e. The zero-order valence-electron chi connectivity index (χ0n) is 8.25. The molecule has 0 fully saturated rings. The highest BCUT2D eigenvalue weighted by molar-refractivity contribution is 7.15. The first-order chi connectivity index (χ1) is 7.58. The van der Waals surface area contributed by atoms with Gasteiger partial charge < -0.3 is 0 Å². The van der Waals surface area contributed by atoms with Crippen LogP contribution >= 0.6 is 34.5 Å². The molecule has 2 rings (SSSR count). The van der Waals surface area contributed by atoms with Crippen molar-refractivity contribution in [2.24, 2.45) is 0 Å². The summed E-state index contributed by atoms with van der Waals surface area (Å²) in [6, 6.07) is 4.33. The summed E-state index contributed by atoms with van der Waals surface area (Å²) in [6.07, 6.45) is 0. The van der Waals surface area contributed by atoms with E-state index in [2.05, 4.69) is 10.2 Å². The number of benzene rings is 1. The Kier molecular flexibility index (Phi) is 3.42. The van der Waals surface area contributed by atoms with Gasteiger partial charge in [0.25, 0.3) is 0 Å². The van der Waals surface area contributed by atoms with E-state index in [0.717, 1.165) is 0 Å². The molecule has 16 heavy (non-hydrogen) atoms. The standard InChI is InChI=1S/C10H7Cl2FN2S/c1-5(11)9-14-15-10(16-9)7-4-6(12)2-3-8(7)13/h2-5H,1H3. The van der Waals surface area contributed by atoms with Crippen LogP contribution in [0.25, 0.3) is 10.6 Å². The van der Waals surface area contributed by atoms with Gasteiger partial charge in [-0.2, -0.15) is 0 Å². The molecular weight excluding hydrogens is 270 g/mol. The average molecular weight is 277 g/mol. The van der Waals surface area contributed by atoms with Crippen molar-refractivity contribution in [3.8, 4) is 10.6 Å². The molecule has 2 aromatic rings. The van der Waals surface area contributed by atoms with Crippen molar-refractivity contribution in [1.29, 1.82) is 0 Å². The SMILES string of the molecule is CC(Cl)c1nnc(-c2cc(Cl)ccc2F)s1. The van der Waals surface area contributed by atoms with E-state index < -0.39 is 0 Å². The molecule has 1 aromatic carbocycles. The molecule has 0 aliphatic heterocycles. The van der Waals surface area contributed by atoms with Gasteiger partial charge in [-0.3, -0.25) is 0 Å². The topological polar surface area (TPSA) is 25.8 Å². The van der Waals surface area contributed by atoms with Crippen LogP contribution in [0.15, 0.2) is 18.2 Å². The summed E-state index contributed by atoms with van der Waals surface area (Å²) in [4.78, 5) is 0. The van der Waals surface area contributed by atoms with Crippen LogP contribution in [0, 0.1) is 5.82 Å². The van der Waals surface area contributed by atoms with Crippen LogP contribution in [-0.2, 0) is 0 Å². The number of hydrogen-bond acceptors (Lipinski definition) is 3. The Bertz CT molecular complexity index is 513. The lowest BCUT2D eigenvalue weighted by Gasteiger charge is -1.98. The number of hydrogen-bond donors (Lipinski definition) is 0. The van der Waals surface area contributed by atoms with Crippen molar-refractivity contribution < 1.29 is 4.39 Å². The van der Waals surface area contributed by atoms with E-state index in [1.807, 2.05) is 0 Å². The van der Waals surface area contributed by atoms with E-state index in [4.69, 9.17) is 23.2 Å². The molecule has 0 saturated heterocycles. The Morgan fingerprint density at radius 1 is 1.38 bits per heavy atom. The highest BCUT2D eigenvalue weighted by Crippen LogP contribution is 2.31. The first-order valence-corrected chi connectivity index (χ1v) is 6.14. The Morgan fingerprint density at radius 3 is 2.75 bits per heavy atom. The molecule has 6 heteroatoms. The van der Waals surface area contributed by atoms with Crippen molar-refractivity contribution in [3.63, 3.8) is 0 Å². The zero-order valence-corrected chi connectivity index (χ0v) is 10.6. The van der Waals surface area contributed by atoms with Crippen LogP contribution in [0.4, 0.5) is 4.39 Å². The second-order valence-electron chi connectivity index (χ2n) is 3.19. The molecule has 1 unspecified atom stereocenters. The molecule has 0 aliphatic rings. The van der Waals surface area contributed by atoms with Crippen LogP contribution in [0.5, 0.6) is 0 Å². The maximum absolute atomic E-state index is 13.5. The maximum Gasteiger partial charge on any atom is 0.150 e. The predicted molar refractivity (Wildman–Crippen MR) is 64.6 cm³/mol. The quantitative estimate of drug-likeness (QED) is 0.765. The van der Waals surface area contributed by atoms with Crippen LogP contribution in [0.3, 0.4) is 0 Å². The van der Waals surface area contributed by atoms with Crippen molar-refractivity contribution in [2.75, 3.05) is 0 Å². The molecule has 1 aromatic heterocycles. The van der Waals surface area contributed by atoms with E-state index in [9.17, 15) is 4.39 Å². The Labute approximate surface area is 106 Å². The van der Waals surface area contributed by atoms with Gasteiger partial charge in [-0.05, 0) is 25.1 Å². The molecule has 1 heterocycles. The van der Waals surface area contributed by atoms with E-state index in [0.29, 0.717) is 20.6 Å². The number of aromatic nitrogens is 2. The summed E-state index contributed by atoms with van der Waals surface area (Å²) in [5, 5.41) is 9.17. The fraction of sp³-hybridized carbons (Fsp3) is 0.200. The number of nitrogens with zero attached hydrogens (tertiary/aromatic N) is 2. The van der Waals surface area contributed by atoms with Gasteiger partial charge in [0, 0.05) is 10.6 Å². The smallest absolute Gasteiger partial charge is 0.150 e. The predicted octanol–water partition coefficient (Wildman–Crippen LogP) is 4.30. The first-order valence-electron chi connectivity index (χ1n) is 4.51. The molecule has 0 radical (unpaired) electrons. The van der Waals surface area contributed by atoms with Crippen LogP contribution in [-0.4, -0.2) is 10.2 Å². The average Bonchev–Trinajstić information content (AvgIpc) is 2.70. The van der Waals surface area contributed by atoms with Gasteiger partial charge in [-0.15, -0.1) is 21.8 Å². The van der Waals surface area contributed by atoms with Gasteiger partial charge in [0.2, 0.25) is 0 Å². The third-order valence-electron chi connectivity index (χ3n) is 1.94. The van der Waals surface area contributed by atoms with Gasteiger partial charge in [0.15, 0.2) is 5.01 Å². The van der Waals surface area contributed by atoms with Crippen molar-refractivity contribution in [1.82, 2.24) is 10.2 Å². The monoisotopic (exact) mass is 276 g/mol. The Balaban J connectivity index is 2.46. The van der Waals surface area contributed by atoms with E-state index >= 15 is 0 Å². The number of halogens is 3. The largest absolute Gasteiger partial charge is 0.206 e. The molecule has 0 spiro atoms. The van der Waals surface area contributed by atoms with Crippen molar-refractivity contribution >= 4 is 34.5 Å². The van der Waals surface area contributed by atoms with Gasteiger partial charge in [-0.25, -0.2) is 4.39 Å². The third kappa shape index (κ3) is 2.34. The van der Waals surface area contributed by atoms with Gasteiger partial charge >= 0.3 is 0 Å². The number of rotatable bonds is 2. The summed E-state index contributed by atoms with van der Waals surface area (Å²) in [7, 11) is 0. The molecule has 0 saturated carbocycles. The first kappa shape index (κ1) is 11.8. The van der Waals surface area contributed by atoms with Gasteiger partial charge in [0.05, 0.1) is 5.38 Å². The summed E-state index contributed by atoms with van der Waals surface area (Å²) in [5.74, 6) is -0.366. The summed E-state index contributed by atoms with van der Waals surface area (Å²) < 4.78 is 13.5. The van der Waals surface area contributed by atoms with Crippen molar-refractivity contribution in [2.45, 2.75) is 12.3 Å². The third-order valence-corrected chi connectivity index (χ3v) is 3.65. The second-order valence-corrected chi connectivity index (χ2v) is 5.29.